The Labute approximate surface area is 347 Å². The number of nitrogens with one attached hydrogen (secondary N) is 1. The van der Waals surface area contributed by atoms with Crippen LogP contribution in [0.25, 0.3) is 0 Å². The molecule has 0 aliphatic carbocycles. The van der Waals surface area contributed by atoms with Crippen molar-refractivity contribution >= 4 is 21.8 Å². The van der Waals surface area contributed by atoms with Crippen LogP contribution in [0.3, 0.4) is 0 Å². The molecule has 0 bridgehead atoms. The second-order valence-electron chi connectivity index (χ2n) is 19.0. The topological polar surface area (TPSA) is 187 Å². The zero-order valence-corrected chi connectivity index (χ0v) is 37.8. The summed E-state index contributed by atoms with van der Waals surface area (Å²) in [6.07, 6.45) is 5.84. The van der Waals surface area contributed by atoms with Gasteiger partial charge in [-0.15, -0.1) is 0 Å². The van der Waals surface area contributed by atoms with E-state index in [1.807, 2.05) is 48.5 Å². The maximum absolute atomic E-state index is 14.6. The molecule has 2 spiro atoms. The molecule has 334 valence electrons. The first-order valence-corrected chi connectivity index (χ1v) is 24.0. The molecule has 0 saturated carbocycles. The minimum Gasteiger partial charge on any atom is -0.481 e. The summed E-state index contributed by atoms with van der Waals surface area (Å²) in [6.45, 7) is 21.0. The van der Waals surface area contributed by atoms with Gasteiger partial charge in [-0.3, -0.25) is 9.59 Å². The maximum Gasteiger partial charge on any atom is 0.309 e. The van der Waals surface area contributed by atoms with Crippen LogP contribution in [0.2, 0.25) is 0 Å². The van der Waals surface area contributed by atoms with Crippen LogP contribution in [-0.4, -0.2) is 107 Å². The average molecular weight is 842 g/mol. The quantitative estimate of drug-likeness (QED) is 0.138. The third kappa shape index (κ3) is 9.16. The number of hydrogen-bond acceptors (Lipinski definition) is 11. The summed E-state index contributed by atoms with van der Waals surface area (Å²) < 4.78 is 63.1. The maximum atomic E-state index is 14.6. The average Bonchev–Trinajstić information content (AvgIpc) is 3.52. The van der Waals surface area contributed by atoms with Gasteiger partial charge in [0.25, 0.3) is 0 Å². The molecule has 4 saturated heterocycles. The van der Waals surface area contributed by atoms with E-state index in [-0.39, 0.29) is 35.4 Å². The lowest BCUT2D eigenvalue weighted by atomic mass is 9.72. The molecule has 0 amide bonds. The molecule has 0 radical (unpaired) electrons. The van der Waals surface area contributed by atoms with Gasteiger partial charge in [-0.05, 0) is 96.5 Å². The van der Waals surface area contributed by atoms with E-state index >= 15 is 0 Å². The number of aliphatic hydroxyl groups excluding tert-OH is 1. The fourth-order valence-electron chi connectivity index (χ4n) is 10.9. The summed E-state index contributed by atoms with van der Waals surface area (Å²) in [5.41, 5.74) is -1.79. The second-order valence-corrected chi connectivity index (χ2v) is 21.0. The van der Waals surface area contributed by atoms with Crippen molar-refractivity contribution in [1.82, 2.24) is 4.72 Å². The number of ether oxygens (including phenoxy) is 5. The molecular weight excluding hydrogens is 767 g/mol. The molecular formula is C44H75NO12S. The van der Waals surface area contributed by atoms with Crippen LogP contribution in [0.1, 0.15) is 140 Å². The van der Waals surface area contributed by atoms with Crippen molar-refractivity contribution in [3.63, 3.8) is 0 Å². The Bertz CT molecular complexity index is 1590. The van der Waals surface area contributed by atoms with E-state index < -0.39 is 99.0 Å². The van der Waals surface area contributed by atoms with Crippen LogP contribution >= 0.6 is 0 Å². The molecule has 0 aromatic heterocycles. The standard InChI is InChI=1S/C44H75NO12S/c1-12-31(40(48)49)33-17-16-25(5)38(54-33)29(9)36(46)28(8)37(47)32(13-2)39-26(6)24-27(7)43(55-39)21-18-34(45-58(51,52)15-4)44(57-43)23-22-41(11,56-44)35-19-20-42(50,14-3)30(10)53-35/h18,21,25-36,38-39,45-46,50H,12-17,19-20,22-24H2,1-11H3,(H,48,49)/t25-,26-,27+,28-,29-,30-,31+,32?,33+,34+,35+,36+,38+,39-,41-,42+,43-,44-/m0/s1. The number of sulfonamides is 1. The van der Waals surface area contributed by atoms with E-state index in [0.717, 1.165) is 6.42 Å². The van der Waals surface area contributed by atoms with Crippen LogP contribution in [0, 0.1) is 41.4 Å². The van der Waals surface area contributed by atoms with E-state index in [1.54, 1.807) is 26.0 Å². The van der Waals surface area contributed by atoms with Gasteiger partial charge in [0.05, 0.1) is 65.5 Å². The Hall–Kier alpha value is -1.49. The monoisotopic (exact) mass is 842 g/mol. The fourth-order valence-corrected chi connectivity index (χ4v) is 11.7. The van der Waals surface area contributed by atoms with Gasteiger partial charge < -0.3 is 39.0 Å². The van der Waals surface area contributed by atoms with Gasteiger partial charge in [-0.2, -0.15) is 0 Å². The Morgan fingerprint density at radius 1 is 0.897 bits per heavy atom. The highest BCUT2D eigenvalue weighted by Gasteiger charge is 2.63. The highest BCUT2D eigenvalue weighted by Crippen LogP contribution is 2.54. The molecule has 18 atom stereocenters. The molecule has 5 heterocycles. The van der Waals surface area contributed by atoms with Gasteiger partial charge >= 0.3 is 5.97 Å². The number of rotatable bonds is 15. The Morgan fingerprint density at radius 2 is 1.57 bits per heavy atom. The first-order valence-electron chi connectivity index (χ1n) is 22.3. The van der Waals surface area contributed by atoms with Crippen molar-refractivity contribution < 1.29 is 57.0 Å². The number of hydrogen-bond donors (Lipinski definition) is 4. The Kier molecular flexibility index (Phi) is 14.8. The third-order valence-electron chi connectivity index (χ3n) is 15.2. The Balaban J connectivity index is 1.39. The number of carbonyl (C=O) groups excluding carboxylic acids is 1. The molecule has 4 fully saturated rings. The highest BCUT2D eigenvalue weighted by atomic mass is 32.2. The zero-order chi connectivity index (χ0) is 43.2. The zero-order valence-electron chi connectivity index (χ0n) is 36.9. The smallest absolute Gasteiger partial charge is 0.309 e. The number of Topliss-reactive ketones (excluding diaryl/α,β-unsaturated/α-hetero) is 1. The van der Waals surface area contributed by atoms with Crippen molar-refractivity contribution in [2.24, 2.45) is 41.4 Å². The highest BCUT2D eigenvalue weighted by molar-refractivity contribution is 7.89. The van der Waals surface area contributed by atoms with Crippen molar-refractivity contribution in [2.75, 3.05) is 5.75 Å². The van der Waals surface area contributed by atoms with Gasteiger partial charge in [0.15, 0.2) is 11.6 Å². The number of carboxylic acids is 1. The van der Waals surface area contributed by atoms with Gasteiger partial charge in [0.1, 0.15) is 5.78 Å². The van der Waals surface area contributed by atoms with E-state index in [2.05, 4.69) is 18.6 Å². The number of ketones is 1. The number of aliphatic hydroxyl groups is 2. The molecule has 0 aromatic carbocycles. The molecule has 0 aromatic rings. The number of carbonyl (C=O) groups is 2. The SMILES string of the molecule is CCC(C(=O)[C@@H](C)[C@@H](O)[C@H](C)[C@@H]1O[C@@H]([C@@H](CC)C(=O)O)CC[C@@H]1C)[C@H]1O[C@]2(C=C[C@@H](NS(=O)(=O)CC)[C@]3(CC[C@@](C)([C@H]4CC[C@](O)(CC)[C@H](C)O4)O3)O2)[C@H](C)C[C@@H]1C. The fraction of sp³-hybridized carbons (Fsp3) is 0.909. The van der Waals surface area contributed by atoms with Gasteiger partial charge in [-0.25, -0.2) is 13.1 Å². The van der Waals surface area contributed by atoms with Gasteiger partial charge in [-0.1, -0.05) is 61.5 Å². The van der Waals surface area contributed by atoms with Crippen LogP contribution < -0.4 is 4.72 Å². The lowest BCUT2D eigenvalue weighted by Crippen LogP contribution is -2.65. The molecule has 5 aliphatic rings. The van der Waals surface area contributed by atoms with E-state index in [0.29, 0.717) is 57.8 Å². The lowest BCUT2D eigenvalue weighted by Gasteiger charge is -2.55. The molecule has 13 nitrogen and oxygen atoms in total. The number of aliphatic carboxylic acids is 1. The molecule has 1 unspecified atom stereocenters. The normalized spacial score (nSPS) is 43.5. The summed E-state index contributed by atoms with van der Waals surface area (Å²) >= 11 is 0. The summed E-state index contributed by atoms with van der Waals surface area (Å²) in [4.78, 5) is 26.6. The summed E-state index contributed by atoms with van der Waals surface area (Å²) in [5.74, 6) is -6.48. The summed E-state index contributed by atoms with van der Waals surface area (Å²) in [6, 6.07) is -0.862. The molecule has 4 N–H and O–H groups in total. The van der Waals surface area contributed by atoms with Crippen molar-refractivity contribution in [3.05, 3.63) is 12.2 Å². The van der Waals surface area contributed by atoms with Crippen LogP contribution in [0.4, 0.5) is 0 Å². The minimum atomic E-state index is -3.70. The van der Waals surface area contributed by atoms with Crippen molar-refractivity contribution in [2.45, 2.75) is 206 Å². The number of carboxylic acid groups (broad SMARTS) is 1. The summed E-state index contributed by atoms with van der Waals surface area (Å²) in [5, 5.41) is 32.8. The van der Waals surface area contributed by atoms with Crippen LogP contribution in [0.5, 0.6) is 0 Å². The lowest BCUT2D eigenvalue weighted by molar-refractivity contribution is -0.397. The van der Waals surface area contributed by atoms with E-state index in [9.17, 15) is 33.3 Å². The molecule has 58 heavy (non-hydrogen) atoms. The predicted octanol–water partition coefficient (Wildman–Crippen LogP) is 6.14. The van der Waals surface area contributed by atoms with E-state index in [4.69, 9.17) is 23.7 Å². The predicted molar refractivity (Wildman–Crippen MR) is 219 cm³/mol. The van der Waals surface area contributed by atoms with Crippen molar-refractivity contribution in [3.8, 4) is 0 Å². The minimum absolute atomic E-state index is 0.0470. The first-order chi connectivity index (χ1) is 27.0. The largest absolute Gasteiger partial charge is 0.481 e. The Morgan fingerprint density at radius 3 is 2.16 bits per heavy atom. The molecule has 5 aliphatic heterocycles. The third-order valence-corrected chi connectivity index (χ3v) is 16.5. The van der Waals surface area contributed by atoms with Crippen LogP contribution in [-0.2, 0) is 43.3 Å². The van der Waals surface area contributed by atoms with Crippen LogP contribution in [0.15, 0.2) is 12.2 Å². The second kappa shape index (κ2) is 18.1. The molecule has 5 rings (SSSR count). The van der Waals surface area contributed by atoms with E-state index in [1.165, 1.54) is 0 Å². The molecule has 14 heteroatoms. The first kappa shape index (κ1) is 47.6. The van der Waals surface area contributed by atoms with Crippen molar-refractivity contribution in [1.29, 1.82) is 0 Å². The van der Waals surface area contributed by atoms with Gasteiger partial charge in [0.2, 0.25) is 10.0 Å². The van der Waals surface area contributed by atoms with Gasteiger partial charge in [0, 0.05) is 30.1 Å². The summed E-state index contributed by atoms with van der Waals surface area (Å²) in [7, 11) is -3.70.